The van der Waals surface area contributed by atoms with Gasteiger partial charge in [-0.15, -0.1) is 0 Å². The number of likely N-dealkylation sites (N-methyl/N-ethyl adjacent to an activating group) is 1. The first-order chi connectivity index (χ1) is 17.1. The second-order valence-corrected chi connectivity index (χ2v) is 8.64. The van der Waals surface area contributed by atoms with Crippen LogP contribution in [0.5, 0.6) is 0 Å². The zero-order chi connectivity index (χ0) is 24.2. The Morgan fingerprint density at radius 3 is 2.43 bits per heavy atom. The van der Waals surface area contributed by atoms with Crippen molar-refractivity contribution in [2.75, 3.05) is 42.9 Å². The zero-order valence-electron chi connectivity index (χ0n) is 20.0. The van der Waals surface area contributed by atoms with Crippen molar-refractivity contribution in [3.05, 3.63) is 78.2 Å². The van der Waals surface area contributed by atoms with Gasteiger partial charge in [0.25, 0.3) is 6.01 Å². The Balaban J connectivity index is 1.47. The lowest BCUT2D eigenvalue weighted by Crippen LogP contribution is -2.46. The molecule has 1 N–H and O–H groups in total. The first kappa shape index (κ1) is 23.0. The van der Waals surface area contributed by atoms with E-state index < -0.39 is 0 Å². The number of rotatable bonds is 7. The van der Waals surface area contributed by atoms with E-state index in [1.54, 1.807) is 18.3 Å². The van der Waals surface area contributed by atoms with Gasteiger partial charge in [-0.05, 0) is 49.4 Å². The maximum absolute atomic E-state index is 13.6. The molecule has 1 aliphatic rings. The maximum Gasteiger partial charge on any atom is 0.298 e. The molecule has 0 aliphatic carbocycles. The smallest absolute Gasteiger partial charge is 0.298 e. The summed E-state index contributed by atoms with van der Waals surface area (Å²) in [5.74, 6) is 0.749. The average Bonchev–Trinajstić information content (AvgIpc) is 3.35. The number of anilines is 2. The molecule has 8 heteroatoms. The molecular weight excluding hydrogens is 443 g/mol. The van der Waals surface area contributed by atoms with Crippen LogP contribution in [0.1, 0.15) is 25.5 Å². The third kappa shape index (κ3) is 5.17. The minimum absolute atomic E-state index is 0.0307. The molecular formula is C27H29FN6O. The molecule has 0 radical (unpaired) electrons. The van der Waals surface area contributed by atoms with Crippen molar-refractivity contribution in [2.24, 2.45) is 0 Å². The Morgan fingerprint density at radius 1 is 0.971 bits per heavy atom. The summed E-state index contributed by atoms with van der Waals surface area (Å²) in [6.45, 7) is 8.86. The third-order valence-electron chi connectivity index (χ3n) is 6.36. The van der Waals surface area contributed by atoms with E-state index >= 15 is 0 Å². The second-order valence-electron chi connectivity index (χ2n) is 8.64. The highest BCUT2D eigenvalue weighted by molar-refractivity contribution is 5.76. The van der Waals surface area contributed by atoms with Crippen LogP contribution in [0.25, 0.3) is 22.7 Å². The molecule has 0 saturated carbocycles. The van der Waals surface area contributed by atoms with E-state index in [1.165, 1.54) is 12.1 Å². The maximum atomic E-state index is 13.6. The molecule has 4 aromatic rings. The Kier molecular flexibility index (Phi) is 6.72. The van der Waals surface area contributed by atoms with Crippen LogP contribution < -0.4 is 10.2 Å². The number of oxazole rings is 1. The van der Waals surface area contributed by atoms with Crippen LogP contribution in [0.15, 0.2) is 71.3 Å². The number of nitrogens with one attached hydrogen (secondary N) is 1. The van der Waals surface area contributed by atoms with Crippen molar-refractivity contribution in [2.45, 2.75) is 19.9 Å². The second kappa shape index (κ2) is 10.2. The molecule has 0 unspecified atom stereocenters. The fraction of sp³-hybridized carbons (Fsp3) is 0.296. The van der Waals surface area contributed by atoms with Crippen molar-refractivity contribution < 1.29 is 8.81 Å². The summed E-state index contributed by atoms with van der Waals surface area (Å²) >= 11 is 0. The van der Waals surface area contributed by atoms with Crippen molar-refractivity contribution >= 4 is 12.0 Å². The van der Waals surface area contributed by atoms with Crippen molar-refractivity contribution in [3.63, 3.8) is 0 Å². The van der Waals surface area contributed by atoms with Crippen molar-refractivity contribution in [3.8, 4) is 22.7 Å². The van der Waals surface area contributed by atoms with Crippen LogP contribution in [0.2, 0.25) is 0 Å². The van der Waals surface area contributed by atoms with E-state index in [9.17, 15) is 4.39 Å². The van der Waals surface area contributed by atoms with E-state index in [-0.39, 0.29) is 11.9 Å². The van der Waals surface area contributed by atoms with E-state index in [4.69, 9.17) is 14.4 Å². The molecule has 2 aromatic heterocycles. The average molecular weight is 473 g/mol. The fourth-order valence-corrected chi connectivity index (χ4v) is 4.25. The van der Waals surface area contributed by atoms with Gasteiger partial charge in [-0.1, -0.05) is 37.3 Å². The summed E-state index contributed by atoms with van der Waals surface area (Å²) in [6.07, 6.45) is 1.71. The lowest BCUT2D eigenvalue weighted by atomic mass is 10.1. The number of hydrogen-bond acceptors (Lipinski definition) is 7. The van der Waals surface area contributed by atoms with Gasteiger partial charge in [-0.25, -0.2) is 14.4 Å². The molecule has 35 heavy (non-hydrogen) atoms. The first-order valence-corrected chi connectivity index (χ1v) is 12.0. The van der Waals surface area contributed by atoms with E-state index in [1.807, 2.05) is 24.3 Å². The Morgan fingerprint density at radius 2 is 1.71 bits per heavy atom. The molecule has 0 bridgehead atoms. The highest BCUT2D eigenvalue weighted by atomic mass is 19.1. The molecule has 1 fully saturated rings. The van der Waals surface area contributed by atoms with Gasteiger partial charge in [0, 0.05) is 37.9 Å². The van der Waals surface area contributed by atoms with Gasteiger partial charge in [-0.3, -0.25) is 0 Å². The van der Waals surface area contributed by atoms with Crippen LogP contribution in [-0.4, -0.2) is 52.6 Å². The third-order valence-corrected chi connectivity index (χ3v) is 6.36. The molecule has 3 heterocycles. The quantitative estimate of drug-likeness (QED) is 0.394. The molecule has 1 atom stereocenters. The minimum atomic E-state index is -0.293. The number of benzene rings is 2. The van der Waals surface area contributed by atoms with Gasteiger partial charge in [-0.2, -0.15) is 4.98 Å². The Bertz CT molecular complexity index is 1250. The lowest BCUT2D eigenvalue weighted by molar-refractivity contribution is 0.266. The summed E-state index contributed by atoms with van der Waals surface area (Å²) in [6, 6.07) is 18.8. The van der Waals surface area contributed by atoms with E-state index in [0.29, 0.717) is 29.1 Å². The van der Waals surface area contributed by atoms with E-state index in [2.05, 4.69) is 46.1 Å². The van der Waals surface area contributed by atoms with Crippen LogP contribution in [0.4, 0.5) is 16.4 Å². The molecule has 1 saturated heterocycles. The molecule has 1 aliphatic heterocycles. The fourth-order valence-electron chi connectivity index (χ4n) is 4.25. The Hall–Kier alpha value is -3.78. The normalized spacial score (nSPS) is 15.2. The molecule has 180 valence electrons. The largest absolute Gasteiger partial charge is 0.421 e. The molecule has 0 amide bonds. The SMILES string of the molecule is CCN1CCN(c2nc(-c3ccc(F)cc3)c(-c3ccnc(N[C@@H](C)c4ccccc4)n3)o2)CC1. The topological polar surface area (TPSA) is 70.3 Å². The van der Waals surface area contributed by atoms with E-state index in [0.717, 1.165) is 43.9 Å². The predicted octanol–water partition coefficient (Wildman–Crippen LogP) is 5.25. The summed E-state index contributed by atoms with van der Waals surface area (Å²) < 4.78 is 19.9. The summed E-state index contributed by atoms with van der Waals surface area (Å²) in [4.78, 5) is 18.5. The predicted molar refractivity (Wildman–Crippen MR) is 136 cm³/mol. The van der Waals surface area contributed by atoms with Crippen molar-refractivity contribution in [1.82, 2.24) is 19.9 Å². The van der Waals surface area contributed by atoms with Gasteiger partial charge in [0.1, 0.15) is 17.2 Å². The molecule has 2 aromatic carbocycles. The summed E-state index contributed by atoms with van der Waals surface area (Å²) in [7, 11) is 0. The summed E-state index contributed by atoms with van der Waals surface area (Å²) in [5, 5.41) is 3.37. The first-order valence-electron chi connectivity index (χ1n) is 12.0. The van der Waals surface area contributed by atoms with Gasteiger partial charge in [0.15, 0.2) is 5.76 Å². The zero-order valence-corrected chi connectivity index (χ0v) is 20.0. The highest BCUT2D eigenvalue weighted by Crippen LogP contribution is 2.35. The number of piperazine rings is 1. The minimum Gasteiger partial charge on any atom is -0.421 e. The monoisotopic (exact) mass is 472 g/mol. The molecule has 0 spiro atoms. The molecule has 5 rings (SSSR count). The van der Waals surface area contributed by atoms with Crippen LogP contribution in [0.3, 0.4) is 0 Å². The van der Waals surface area contributed by atoms with Gasteiger partial charge in [0.05, 0.1) is 6.04 Å². The van der Waals surface area contributed by atoms with Crippen LogP contribution in [-0.2, 0) is 0 Å². The highest BCUT2D eigenvalue weighted by Gasteiger charge is 2.25. The number of hydrogen-bond donors (Lipinski definition) is 1. The Labute approximate surface area is 204 Å². The van der Waals surface area contributed by atoms with Crippen LogP contribution >= 0.6 is 0 Å². The molecule has 7 nitrogen and oxygen atoms in total. The van der Waals surface area contributed by atoms with Gasteiger partial charge in [0.2, 0.25) is 5.95 Å². The lowest BCUT2D eigenvalue weighted by Gasteiger charge is -2.32. The van der Waals surface area contributed by atoms with Gasteiger partial charge < -0.3 is 19.5 Å². The number of aromatic nitrogens is 3. The number of halogens is 1. The number of nitrogens with zero attached hydrogens (tertiary/aromatic N) is 5. The summed E-state index contributed by atoms with van der Waals surface area (Å²) in [5.41, 5.74) is 3.17. The van der Waals surface area contributed by atoms with Gasteiger partial charge >= 0.3 is 0 Å². The standard InChI is InChI=1S/C27H29FN6O/c1-3-33-15-17-34(18-16-33)27-32-24(21-9-11-22(28)12-10-21)25(35-27)23-13-14-29-26(31-23)30-19(2)20-7-5-4-6-8-20/h4-14,19H,3,15-18H2,1-2H3,(H,29,30,31)/t19-/m0/s1. The van der Waals surface area contributed by atoms with Crippen molar-refractivity contribution in [1.29, 1.82) is 0 Å². The van der Waals surface area contributed by atoms with Crippen LogP contribution in [0, 0.1) is 5.82 Å².